The Morgan fingerprint density at radius 2 is 2.44 bits per heavy atom. The van der Waals surface area contributed by atoms with Crippen LogP contribution in [0.3, 0.4) is 0 Å². The van der Waals surface area contributed by atoms with Crippen molar-refractivity contribution in [3.05, 3.63) is 12.2 Å². The van der Waals surface area contributed by atoms with Crippen LogP contribution < -0.4 is 0 Å². The highest BCUT2D eigenvalue weighted by atomic mass is 16.5. The number of hydrogen-bond acceptors (Lipinski definition) is 2. The fourth-order valence-corrected chi connectivity index (χ4v) is 1.54. The minimum Gasteiger partial charge on any atom is -0.396 e. The smallest absolute Gasteiger partial charge is 0.0815 e. The van der Waals surface area contributed by atoms with Gasteiger partial charge in [-0.3, -0.25) is 0 Å². The first-order valence-corrected chi connectivity index (χ1v) is 3.35. The Labute approximate surface area is 54.1 Å². The third-order valence-electron chi connectivity index (χ3n) is 2.08. The summed E-state index contributed by atoms with van der Waals surface area (Å²) in [5.74, 6) is 0.375. The van der Waals surface area contributed by atoms with Gasteiger partial charge in [0.1, 0.15) is 0 Å². The molecular formula is C7H10O2. The second kappa shape index (κ2) is 1.82. The van der Waals surface area contributed by atoms with Crippen molar-refractivity contribution in [3.63, 3.8) is 0 Å². The first-order chi connectivity index (χ1) is 4.40. The molecule has 2 bridgehead atoms. The molecule has 1 N–H and O–H groups in total. The number of aliphatic hydroxyl groups is 1. The van der Waals surface area contributed by atoms with E-state index in [1.165, 1.54) is 0 Å². The normalized spacial score (nSPS) is 46.6. The van der Waals surface area contributed by atoms with E-state index >= 15 is 0 Å². The summed E-state index contributed by atoms with van der Waals surface area (Å²) in [4.78, 5) is 0. The van der Waals surface area contributed by atoms with Gasteiger partial charge in [0.2, 0.25) is 0 Å². The van der Waals surface area contributed by atoms with E-state index in [2.05, 4.69) is 12.2 Å². The van der Waals surface area contributed by atoms with E-state index in [4.69, 9.17) is 9.84 Å². The van der Waals surface area contributed by atoms with Crippen molar-refractivity contribution in [1.29, 1.82) is 0 Å². The van der Waals surface area contributed by atoms with E-state index in [0.717, 1.165) is 6.42 Å². The van der Waals surface area contributed by atoms with Crippen LogP contribution in [-0.4, -0.2) is 23.9 Å². The monoisotopic (exact) mass is 126 g/mol. The Balaban J connectivity index is 2.10. The van der Waals surface area contributed by atoms with Crippen molar-refractivity contribution in [2.45, 2.75) is 18.6 Å². The average molecular weight is 126 g/mol. The van der Waals surface area contributed by atoms with Gasteiger partial charge in [0.05, 0.1) is 12.2 Å². The Hall–Kier alpha value is -0.340. The molecule has 0 aromatic carbocycles. The first kappa shape index (κ1) is 5.45. The Morgan fingerprint density at radius 3 is 2.78 bits per heavy atom. The highest BCUT2D eigenvalue weighted by Gasteiger charge is 2.35. The van der Waals surface area contributed by atoms with Gasteiger partial charge in [-0.2, -0.15) is 0 Å². The van der Waals surface area contributed by atoms with Gasteiger partial charge < -0.3 is 9.84 Å². The molecular weight excluding hydrogens is 116 g/mol. The van der Waals surface area contributed by atoms with Crippen molar-refractivity contribution in [1.82, 2.24) is 0 Å². The lowest BCUT2D eigenvalue weighted by atomic mass is 9.95. The largest absolute Gasteiger partial charge is 0.396 e. The molecule has 1 saturated heterocycles. The summed E-state index contributed by atoms with van der Waals surface area (Å²) in [6.45, 7) is 0.269. The van der Waals surface area contributed by atoms with Crippen LogP contribution in [0.1, 0.15) is 6.42 Å². The van der Waals surface area contributed by atoms with Crippen molar-refractivity contribution in [2.24, 2.45) is 5.92 Å². The van der Waals surface area contributed by atoms with Gasteiger partial charge in [0.25, 0.3) is 0 Å². The van der Waals surface area contributed by atoms with Crippen LogP contribution in [0.2, 0.25) is 0 Å². The molecule has 2 heterocycles. The Kier molecular flexibility index (Phi) is 1.10. The van der Waals surface area contributed by atoms with E-state index in [0.29, 0.717) is 12.0 Å². The fraction of sp³-hybridized carbons (Fsp3) is 0.714. The molecule has 0 aromatic rings. The molecule has 0 radical (unpaired) electrons. The van der Waals surface area contributed by atoms with Gasteiger partial charge in [-0.15, -0.1) is 0 Å². The maximum Gasteiger partial charge on any atom is 0.0815 e. The summed E-state index contributed by atoms with van der Waals surface area (Å²) in [7, 11) is 0. The van der Waals surface area contributed by atoms with Crippen molar-refractivity contribution < 1.29 is 9.84 Å². The van der Waals surface area contributed by atoms with Gasteiger partial charge in [-0.25, -0.2) is 0 Å². The zero-order valence-corrected chi connectivity index (χ0v) is 5.16. The maximum absolute atomic E-state index is 8.77. The number of rotatable bonds is 1. The Morgan fingerprint density at radius 1 is 1.56 bits per heavy atom. The molecule has 0 aromatic heterocycles. The van der Waals surface area contributed by atoms with E-state index < -0.39 is 0 Å². The molecule has 0 unspecified atom stereocenters. The topological polar surface area (TPSA) is 29.5 Å². The molecule has 2 heteroatoms. The predicted octanol–water partition coefficient (Wildman–Crippen LogP) is 0.322. The second-order valence-electron chi connectivity index (χ2n) is 2.70. The maximum atomic E-state index is 8.77. The molecule has 9 heavy (non-hydrogen) atoms. The summed E-state index contributed by atoms with van der Waals surface area (Å²) in [5.41, 5.74) is 0. The molecule has 2 nitrogen and oxygen atoms in total. The van der Waals surface area contributed by atoms with Crippen LogP contribution in [0.15, 0.2) is 12.2 Å². The third kappa shape index (κ3) is 0.705. The molecule has 0 saturated carbocycles. The summed E-state index contributed by atoms with van der Waals surface area (Å²) >= 11 is 0. The predicted molar refractivity (Wildman–Crippen MR) is 33.0 cm³/mol. The molecule has 50 valence electrons. The number of fused-ring (bicyclic) bond motifs is 2. The van der Waals surface area contributed by atoms with Crippen LogP contribution in [0.4, 0.5) is 0 Å². The first-order valence-electron chi connectivity index (χ1n) is 3.35. The van der Waals surface area contributed by atoms with Gasteiger partial charge in [-0.1, -0.05) is 12.2 Å². The van der Waals surface area contributed by atoms with Crippen LogP contribution in [0.25, 0.3) is 0 Å². The fourth-order valence-electron chi connectivity index (χ4n) is 1.54. The molecule has 1 fully saturated rings. The highest BCUT2D eigenvalue weighted by molar-refractivity contribution is 5.10. The second-order valence-corrected chi connectivity index (χ2v) is 2.70. The quantitative estimate of drug-likeness (QED) is 0.513. The van der Waals surface area contributed by atoms with Gasteiger partial charge in [0, 0.05) is 12.5 Å². The van der Waals surface area contributed by atoms with Gasteiger partial charge in [0.15, 0.2) is 0 Å². The van der Waals surface area contributed by atoms with Crippen LogP contribution >= 0.6 is 0 Å². The molecule has 2 rings (SSSR count). The van der Waals surface area contributed by atoms with Crippen molar-refractivity contribution >= 4 is 0 Å². The molecule has 2 aliphatic rings. The minimum absolute atomic E-state index is 0.222. The van der Waals surface area contributed by atoms with Crippen LogP contribution in [0, 0.1) is 5.92 Å². The summed E-state index contributed by atoms with van der Waals surface area (Å²) in [5, 5.41) is 8.77. The summed E-state index contributed by atoms with van der Waals surface area (Å²) in [6, 6.07) is 0. The zero-order chi connectivity index (χ0) is 6.27. The van der Waals surface area contributed by atoms with Gasteiger partial charge in [-0.05, 0) is 6.42 Å². The van der Waals surface area contributed by atoms with Crippen molar-refractivity contribution in [2.75, 3.05) is 6.61 Å². The summed E-state index contributed by atoms with van der Waals surface area (Å²) < 4.78 is 5.40. The number of hydrogen-bond donors (Lipinski definition) is 1. The number of ether oxygens (including phenoxy) is 1. The van der Waals surface area contributed by atoms with Crippen molar-refractivity contribution in [3.8, 4) is 0 Å². The third-order valence-corrected chi connectivity index (χ3v) is 2.08. The molecule has 3 atom stereocenters. The standard InChI is InChI=1S/C7H10O2/c8-4-5-3-6-1-2-7(5)9-6/h1-2,5-8H,3-4H2/t5-,6-,7-/m0/s1. The van der Waals surface area contributed by atoms with Crippen LogP contribution in [0.5, 0.6) is 0 Å². The molecule has 2 aliphatic heterocycles. The molecule has 0 amide bonds. The van der Waals surface area contributed by atoms with E-state index in [1.54, 1.807) is 0 Å². The SMILES string of the molecule is OC[C@@H]1C[C@@H]2C=C[C@@H]1O2. The van der Waals surface area contributed by atoms with Crippen LogP contribution in [-0.2, 0) is 4.74 Å². The highest BCUT2D eigenvalue weighted by Crippen LogP contribution is 2.32. The van der Waals surface area contributed by atoms with E-state index in [-0.39, 0.29) is 12.7 Å². The lowest BCUT2D eigenvalue weighted by molar-refractivity contribution is 0.0949. The van der Waals surface area contributed by atoms with E-state index in [9.17, 15) is 0 Å². The average Bonchev–Trinajstić information content (AvgIpc) is 2.45. The van der Waals surface area contributed by atoms with Gasteiger partial charge >= 0.3 is 0 Å². The minimum atomic E-state index is 0.222. The van der Waals surface area contributed by atoms with E-state index in [1.807, 2.05) is 0 Å². The molecule has 0 spiro atoms. The number of aliphatic hydroxyl groups excluding tert-OH is 1. The zero-order valence-electron chi connectivity index (χ0n) is 5.16. The summed E-state index contributed by atoms with van der Waals surface area (Å²) in [6.07, 6.45) is 5.68. The lowest BCUT2D eigenvalue weighted by Crippen LogP contribution is -2.16. The lowest BCUT2D eigenvalue weighted by Gasteiger charge is -2.10. The Bertz CT molecular complexity index is 142. The molecule has 0 aliphatic carbocycles.